The van der Waals surface area contributed by atoms with Crippen LogP contribution in [0.25, 0.3) is 5.69 Å². The molecule has 29 heavy (non-hydrogen) atoms. The van der Waals surface area contributed by atoms with E-state index in [0.717, 1.165) is 17.0 Å². The van der Waals surface area contributed by atoms with Crippen LogP contribution >= 0.6 is 11.8 Å². The van der Waals surface area contributed by atoms with Crippen molar-refractivity contribution in [1.29, 1.82) is 0 Å². The van der Waals surface area contributed by atoms with E-state index in [1.54, 1.807) is 45.7 Å². The van der Waals surface area contributed by atoms with Crippen molar-refractivity contribution in [1.82, 2.24) is 9.55 Å². The number of nitrogens with zero attached hydrogens (tertiary/aromatic N) is 2. The molecular weight excluding hydrogens is 390 g/mol. The third kappa shape index (κ3) is 4.83. The summed E-state index contributed by atoms with van der Waals surface area (Å²) in [5, 5.41) is 3.56. The molecule has 0 saturated carbocycles. The first kappa shape index (κ1) is 20.6. The molecule has 7 nitrogen and oxygen atoms in total. The number of hydrogen-bond donors (Lipinski definition) is 1. The number of carbonyl (C=O) groups is 1. The summed E-state index contributed by atoms with van der Waals surface area (Å²) in [5.74, 6) is 1.95. The van der Waals surface area contributed by atoms with E-state index in [-0.39, 0.29) is 11.7 Å². The van der Waals surface area contributed by atoms with E-state index in [4.69, 9.17) is 14.2 Å². The van der Waals surface area contributed by atoms with Gasteiger partial charge in [-0.05, 0) is 36.8 Å². The molecule has 3 rings (SSSR count). The summed E-state index contributed by atoms with van der Waals surface area (Å²) in [6.07, 6.45) is 3.55. The van der Waals surface area contributed by atoms with E-state index in [2.05, 4.69) is 10.3 Å². The fourth-order valence-electron chi connectivity index (χ4n) is 2.80. The van der Waals surface area contributed by atoms with Crippen LogP contribution in [-0.2, 0) is 4.79 Å². The second-order valence-electron chi connectivity index (χ2n) is 6.16. The van der Waals surface area contributed by atoms with Crippen LogP contribution in [0.5, 0.6) is 17.2 Å². The molecule has 1 heterocycles. The molecule has 1 aromatic heterocycles. The minimum atomic E-state index is -0.174. The molecule has 0 radical (unpaired) electrons. The zero-order chi connectivity index (χ0) is 20.8. The number of aryl methyl sites for hydroxylation is 1. The van der Waals surface area contributed by atoms with E-state index in [0.29, 0.717) is 22.3 Å². The van der Waals surface area contributed by atoms with Crippen molar-refractivity contribution < 1.29 is 19.0 Å². The van der Waals surface area contributed by atoms with Crippen LogP contribution < -0.4 is 19.5 Å². The van der Waals surface area contributed by atoms with Crippen molar-refractivity contribution in [3.8, 4) is 22.9 Å². The van der Waals surface area contributed by atoms with Crippen molar-refractivity contribution in [2.45, 2.75) is 12.1 Å². The van der Waals surface area contributed by atoms with Crippen molar-refractivity contribution in [3.63, 3.8) is 0 Å². The van der Waals surface area contributed by atoms with E-state index >= 15 is 0 Å². The SMILES string of the molecule is COc1ccc(OC)c(NC(=O)CSc2nccn2-c2cc(C)ccc2OC)c1. The summed E-state index contributed by atoms with van der Waals surface area (Å²) in [6.45, 7) is 2.02. The van der Waals surface area contributed by atoms with Gasteiger partial charge in [0, 0.05) is 18.5 Å². The molecule has 0 atom stereocenters. The number of rotatable bonds is 8. The normalized spacial score (nSPS) is 10.5. The minimum Gasteiger partial charge on any atom is -0.497 e. The Balaban J connectivity index is 1.73. The van der Waals surface area contributed by atoms with Gasteiger partial charge in [-0.15, -0.1) is 0 Å². The van der Waals surface area contributed by atoms with Crippen LogP contribution in [0.2, 0.25) is 0 Å². The second kappa shape index (κ2) is 9.38. The summed E-state index contributed by atoms with van der Waals surface area (Å²) < 4.78 is 17.9. The Labute approximate surface area is 174 Å². The maximum absolute atomic E-state index is 12.5. The van der Waals surface area contributed by atoms with Gasteiger partial charge >= 0.3 is 0 Å². The van der Waals surface area contributed by atoms with E-state index in [9.17, 15) is 4.79 Å². The van der Waals surface area contributed by atoms with Crippen molar-refractivity contribution in [3.05, 3.63) is 54.4 Å². The number of ether oxygens (including phenoxy) is 3. The molecule has 8 heteroatoms. The van der Waals surface area contributed by atoms with Crippen LogP contribution in [0.1, 0.15) is 5.56 Å². The molecule has 0 saturated heterocycles. The standard InChI is InChI=1S/C21H23N3O4S/c1-14-5-7-19(28-4)17(11-14)24-10-9-22-21(24)29-13-20(25)23-16-12-15(26-2)6-8-18(16)27-3/h5-12H,13H2,1-4H3,(H,23,25). The average molecular weight is 413 g/mol. The van der Waals surface area contributed by atoms with Crippen LogP contribution in [0.3, 0.4) is 0 Å². The number of amides is 1. The summed E-state index contributed by atoms with van der Waals surface area (Å²) in [4.78, 5) is 16.9. The lowest BCUT2D eigenvalue weighted by molar-refractivity contribution is -0.113. The first-order valence-corrected chi connectivity index (χ1v) is 9.87. The first-order valence-electron chi connectivity index (χ1n) is 8.88. The summed E-state index contributed by atoms with van der Waals surface area (Å²) in [5.41, 5.74) is 2.54. The van der Waals surface area contributed by atoms with Gasteiger partial charge in [-0.3, -0.25) is 9.36 Å². The van der Waals surface area contributed by atoms with Gasteiger partial charge in [0.15, 0.2) is 5.16 Å². The molecule has 1 N–H and O–H groups in total. The zero-order valence-corrected chi connectivity index (χ0v) is 17.6. The molecule has 0 unspecified atom stereocenters. The number of hydrogen-bond acceptors (Lipinski definition) is 6. The van der Waals surface area contributed by atoms with Gasteiger partial charge in [0.25, 0.3) is 0 Å². The first-order chi connectivity index (χ1) is 14.0. The molecule has 0 aliphatic heterocycles. The molecule has 0 bridgehead atoms. The summed E-state index contributed by atoms with van der Waals surface area (Å²) >= 11 is 1.34. The topological polar surface area (TPSA) is 74.6 Å². The molecule has 152 valence electrons. The number of carbonyl (C=O) groups excluding carboxylic acids is 1. The number of anilines is 1. The maximum Gasteiger partial charge on any atom is 0.234 e. The van der Waals surface area contributed by atoms with Crippen LogP contribution in [0.4, 0.5) is 5.69 Å². The fraction of sp³-hybridized carbons (Fsp3) is 0.238. The summed E-state index contributed by atoms with van der Waals surface area (Å²) in [6, 6.07) is 11.2. The molecule has 0 spiro atoms. The average Bonchev–Trinajstić information content (AvgIpc) is 3.20. The lowest BCUT2D eigenvalue weighted by Gasteiger charge is -2.13. The fourth-order valence-corrected chi connectivity index (χ4v) is 3.56. The van der Waals surface area contributed by atoms with Gasteiger partial charge in [0.05, 0.1) is 38.5 Å². The smallest absolute Gasteiger partial charge is 0.234 e. The van der Waals surface area contributed by atoms with E-state index in [1.807, 2.05) is 35.9 Å². The number of imidazole rings is 1. The predicted octanol–water partition coefficient (Wildman–Crippen LogP) is 3.94. The minimum absolute atomic E-state index is 0.174. The highest BCUT2D eigenvalue weighted by atomic mass is 32.2. The van der Waals surface area contributed by atoms with Gasteiger partial charge in [-0.2, -0.15) is 0 Å². The lowest BCUT2D eigenvalue weighted by Crippen LogP contribution is -2.15. The van der Waals surface area contributed by atoms with Crippen molar-refractivity contribution in [2.75, 3.05) is 32.4 Å². The molecule has 2 aromatic carbocycles. The molecule has 3 aromatic rings. The highest BCUT2D eigenvalue weighted by Gasteiger charge is 2.14. The van der Waals surface area contributed by atoms with E-state index in [1.165, 1.54) is 11.8 Å². The van der Waals surface area contributed by atoms with Crippen LogP contribution in [0.15, 0.2) is 53.9 Å². The third-order valence-electron chi connectivity index (χ3n) is 4.21. The molecule has 0 aliphatic carbocycles. The lowest BCUT2D eigenvalue weighted by atomic mass is 10.2. The van der Waals surface area contributed by atoms with Gasteiger partial charge < -0.3 is 19.5 Å². The Kier molecular flexibility index (Phi) is 6.66. The van der Waals surface area contributed by atoms with E-state index < -0.39 is 0 Å². The molecular formula is C21H23N3O4S. The highest BCUT2D eigenvalue weighted by molar-refractivity contribution is 7.99. The van der Waals surface area contributed by atoms with Crippen LogP contribution in [-0.4, -0.2) is 42.5 Å². The number of benzene rings is 2. The zero-order valence-electron chi connectivity index (χ0n) is 16.8. The summed E-state index contributed by atoms with van der Waals surface area (Å²) in [7, 11) is 4.76. The number of thioether (sulfide) groups is 1. The van der Waals surface area contributed by atoms with Crippen molar-refractivity contribution in [2.24, 2.45) is 0 Å². The van der Waals surface area contributed by atoms with Gasteiger partial charge in [0.2, 0.25) is 5.91 Å². The maximum atomic E-state index is 12.5. The number of methoxy groups -OCH3 is 3. The Bertz CT molecular complexity index is 1000. The van der Waals surface area contributed by atoms with Gasteiger partial charge in [-0.1, -0.05) is 17.8 Å². The highest BCUT2D eigenvalue weighted by Crippen LogP contribution is 2.30. The Morgan fingerprint density at radius 3 is 2.55 bits per heavy atom. The Morgan fingerprint density at radius 2 is 1.83 bits per heavy atom. The van der Waals surface area contributed by atoms with Gasteiger partial charge in [-0.25, -0.2) is 4.98 Å². The Morgan fingerprint density at radius 1 is 1.07 bits per heavy atom. The molecule has 1 amide bonds. The second-order valence-corrected chi connectivity index (χ2v) is 7.10. The third-order valence-corrected chi connectivity index (χ3v) is 5.18. The number of nitrogens with one attached hydrogen (secondary N) is 1. The Hall–Kier alpha value is -3.13. The monoisotopic (exact) mass is 413 g/mol. The molecule has 0 fully saturated rings. The van der Waals surface area contributed by atoms with Crippen LogP contribution in [0, 0.1) is 6.92 Å². The van der Waals surface area contributed by atoms with Crippen molar-refractivity contribution >= 4 is 23.4 Å². The largest absolute Gasteiger partial charge is 0.497 e. The number of aromatic nitrogens is 2. The molecule has 0 aliphatic rings. The predicted molar refractivity (Wildman–Crippen MR) is 114 cm³/mol. The van der Waals surface area contributed by atoms with Gasteiger partial charge in [0.1, 0.15) is 17.2 Å². The quantitative estimate of drug-likeness (QED) is 0.564.